The SMILES string of the molecule is Cc1cc(-c2nn3c(C(C)C)nnc3s2)no1. The van der Waals surface area contributed by atoms with Gasteiger partial charge in [0.25, 0.3) is 0 Å². The summed E-state index contributed by atoms with van der Waals surface area (Å²) in [4.78, 5) is 0.782. The molecule has 0 aliphatic carbocycles. The van der Waals surface area contributed by atoms with Gasteiger partial charge in [0.15, 0.2) is 10.8 Å². The molecule has 0 atom stereocenters. The highest BCUT2D eigenvalue weighted by molar-refractivity contribution is 7.19. The molecule has 7 heteroatoms. The Morgan fingerprint density at radius 2 is 2.18 bits per heavy atom. The molecular weight excluding hydrogens is 238 g/mol. The third kappa shape index (κ3) is 1.62. The summed E-state index contributed by atoms with van der Waals surface area (Å²) >= 11 is 1.46. The lowest BCUT2D eigenvalue weighted by Crippen LogP contribution is -1.97. The van der Waals surface area contributed by atoms with E-state index < -0.39 is 0 Å². The average molecular weight is 249 g/mol. The van der Waals surface area contributed by atoms with Crippen LogP contribution in [0.5, 0.6) is 0 Å². The molecule has 0 saturated carbocycles. The fourth-order valence-electron chi connectivity index (χ4n) is 1.56. The smallest absolute Gasteiger partial charge is 0.235 e. The Morgan fingerprint density at radius 1 is 1.35 bits per heavy atom. The highest BCUT2D eigenvalue weighted by Crippen LogP contribution is 2.26. The van der Waals surface area contributed by atoms with Crippen LogP contribution in [-0.4, -0.2) is 25.0 Å². The molecular formula is C10H11N5OS. The minimum Gasteiger partial charge on any atom is -0.361 e. The Morgan fingerprint density at radius 3 is 2.82 bits per heavy atom. The van der Waals surface area contributed by atoms with E-state index in [2.05, 4.69) is 34.3 Å². The van der Waals surface area contributed by atoms with Crippen molar-refractivity contribution in [1.82, 2.24) is 25.0 Å². The molecule has 0 aromatic carbocycles. The van der Waals surface area contributed by atoms with Gasteiger partial charge in [-0.1, -0.05) is 30.3 Å². The van der Waals surface area contributed by atoms with E-state index in [0.717, 1.165) is 27.2 Å². The summed E-state index contributed by atoms with van der Waals surface area (Å²) in [5.74, 6) is 1.93. The summed E-state index contributed by atoms with van der Waals surface area (Å²) in [5, 5.41) is 17.4. The van der Waals surface area contributed by atoms with Crippen LogP contribution in [0.3, 0.4) is 0 Å². The Hall–Kier alpha value is -1.76. The van der Waals surface area contributed by atoms with Gasteiger partial charge in [-0.3, -0.25) is 0 Å². The number of hydrogen-bond acceptors (Lipinski definition) is 6. The topological polar surface area (TPSA) is 69.1 Å². The van der Waals surface area contributed by atoms with Crippen molar-refractivity contribution >= 4 is 16.3 Å². The summed E-state index contributed by atoms with van der Waals surface area (Å²) in [7, 11) is 0. The predicted molar refractivity (Wildman–Crippen MR) is 63.0 cm³/mol. The minimum atomic E-state index is 0.291. The normalized spacial score (nSPS) is 11.8. The lowest BCUT2D eigenvalue weighted by Gasteiger charge is -1.97. The van der Waals surface area contributed by atoms with Crippen molar-refractivity contribution < 1.29 is 4.52 Å². The van der Waals surface area contributed by atoms with Crippen molar-refractivity contribution in [2.75, 3.05) is 0 Å². The number of aromatic nitrogens is 5. The van der Waals surface area contributed by atoms with Gasteiger partial charge in [-0.05, 0) is 6.92 Å². The van der Waals surface area contributed by atoms with Crippen molar-refractivity contribution in [2.45, 2.75) is 26.7 Å². The van der Waals surface area contributed by atoms with Gasteiger partial charge in [0.1, 0.15) is 11.5 Å². The maximum atomic E-state index is 5.04. The van der Waals surface area contributed by atoms with E-state index in [1.54, 1.807) is 4.52 Å². The summed E-state index contributed by atoms with van der Waals surface area (Å²) in [5.41, 5.74) is 0.743. The molecule has 0 saturated heterocycles. The fraction of sp³-hybridized carbons (Fsp3) is 0.400. The van der Waals surface area contributed by atoms with Crippen molar-refractivity contribution in [3.63, 3.8) is 0 Å². The highest BCUT2D eigenvalue weighted by atomic mass is 32.1. The lowest BCUT2D eigenvalue weighted by molar-refractivity contribution is 0.399. The second kappa shape index (κ2) is 3.63. The number of rotatable bonds is 2. The lowest BCUT2D eigenvalue weighted by atomic mass is 10.2. The van der Waals surface area contributed by atoms with Crippen LogP contribution in [0.15, 0.2) is 10.6 Å². The molecule has 3 aromatic heterocycles. The van der Waals surface area contributed by atoms with Crippen LogP contribution in [-0.2, 0) is 0 Å². The summed E-state index contributed by atoms with van der Waals surface area (Å²) in [6.07, 6.45) is 0. The van der Waals surface area contributed by atoms with Gasteiger partial charge in [-0.2, -0.15) is 9.61 Å². The second-order valence-corrected chi connectivity index (χ2v) is 5.09. The molecule has 3 heterocycles. The Balaban J connectivity index is 2.14. The predicted octanol–water partition coefficient (Wildman–Crippen LogP) is 2.27. The summed E-state index contributed by atoms with van der Waals surface area (Å²) < 4.78 is 6.81. The quantitative estimate of drug-likeness (QED) is 0.696. The van der Waals surface area contributed by atoms with E-state index >= 15 is 0 Å². The molecule has 6 nitrogen and oxygen atoms in total. The molecule has 0 unspecified atom stereocenters. The Kier molecular flexibility index (Phi) is 2.22. The Labute approximate surface area is 101 Å². The van der Waals surface area contributed by atoms with Crippen LogP contribution < -0.4 is 0 Å². The molecule has 0 radical (unpaired) electrons. The molecule has 3 rings (SSSR count). The van der Waals surface area contributed by atoms with Gasteiger partial charge in [0.2, 0.25) is 4.96 Å². The summed E-state index contributed by atoms with van der Waals surface area (Å²) in [6.45, 7) is 5.99. The molecule has 0 aliphatic heterocycles. The average Bonchev–Trinajstić information content (AvgIpc) is 2.89. The van der Waals surface area contributed by atoms with Crippen molar-refractivity contribution in [2.24, 2.45) is 0 Å². The van der Waals surface area contributed by atoms with Crippen molar-refractivity contribution in [3.8, 4) is 10.7 Å². The van der Waals surface area contributed by atoms with E-state index in [0.29, 0.717) is 5.92 Å². The van der Waals surface area contributed by atoms with Crippen LogP contribution in [0.2, 0.25) is 0 Å². The molecule has 0 aliphatic rings. The van der Waals surface area contributed by atoms with Crippen LogP contribution in [0.4, 0.5) is 0 Å². The number of nitrogens with zero attached hydrogens (tertiary/aromatic N) is 5. The van der Waals surface area contributed by atoms with E-state index in [9.17, 15) is 0 Å². The van der Waals surface area contributed by atoms with Gasteiger partial charge in [-0.25, -0.2) is 0 Å². The molecule has 88 valence electrons. The van der Waals surface area contributed by atoms with Gasteiger partial charge in [0, 0.05) is 12.0 Å². The van der Waals surface area contributed by atoms with Crippen LogP contribution >= 0.6 is 11.3 Å². The molecule has 0 bridgehead atoms. The third-order valence-electron chi connectivity index (χ3n) is 2.38. The minimum absolute atomic E-state index is 0.291. The maximum Gasteiger partial charge on any atom is 0.235 e. The van der Waals surface area contributed by atoms with Crippen molar-refractivity contribution in [3.05, 3.63) is 17.7 Å². The van der Waals surface area contributed by atoms with Gasteiger partial charge >= 0.3 is 0 Å². The van der Waals surface area contributed by atoms with Gasteiger partial charge < -0.3 is 4.52 Å². The molecule has 0 amide bonds. The van der Waals surface area contributed by atoms with Crippen LogP contribution in [0.25, 0.3) is 15.7 Å². The Bertz CT molecular complexity index is 665. The van der Waals surface area contributed by atoms with E-state index in [4.69, 9.17) is 4.52 Å². The third-order valence-corrected chi connectivity index (χ3v) is 3.30. The van der Waals surface area contributed by atoms with Crippen LogP contribution in [0.1, 0.15) is 31.4 Å². The largest absolute Gasteiger partial charge is 0.361 e. The van der Waals surface area contributed by atoms with Crippen molar-refractivity contribution in [1.29, 1.82) is 0 Å². The molecule has 0 fully saturated rings. The van der Waals surface area contributed by atoms with E-state index in [-0.39, 0.29) is 0 Å². The number of hydrogen-bond donors (Lipinski definition) is 0. The first-order chi connectivity index (χ1) is 8.15. The molecule has 3 aromatic rings. The first-order valence-corrected chi connectivity index (χ1v) is 6.12. The number of fused-ring (bicyclic) bond motifs is 1. The van der Waals surface area contributed by atoms with Crippen LogP contribution in [0, 0.1) is 6.92 Å². The zero-order valence-electron chi connectivity index (χ0n) is 9.71. The standard InChI is InChI=1S/C10H11N5OS/c1-5(2)8-11-12-10-15(8)13-9(17-10)7-4-6(3)16-14-7/h4-5H,1-3H3. The zero-order valence-corrected chi connectivity index (χ0v) is 10.5. The van der Waals surface area contributed by atoms with Gasteiger partial charge in [0.05, 0.1) is 0 Å². The zero-order chi connectivity index (χ0) is 12.0. The second-order valence-electron chi connectivity index (χ2n) is 4.14. The first kappa shape index (κ1) is 10.4. The molecule has 0 N–H and O–H groups in total. The number of aryl methyl sites for hydroxylation is 1. The van der Waals surface area contributed by atoms with Gasteiger partial charge in [-0.15, -0.1) is 10.2 Å². The van der Waals surface area contributed by atoms with E-state index in [1.165, 1.54) is 11.3 Å². The molecule has 17 heavy (non-hydrogen) atoms. The monoisotopic (exact) mass is 249 g/mol. The highest BCUT2D eigenvalue weighted by Gasteiger charge is 2.16. The molecule has 0 spiro atoms. The summed E-state index contributed by atoms with van der Waals surface area (Å²) in [6, 6.07) is 1.86. The van der Waals surface area contributed by atoms with E-state index in [1.807, 2.05) is 13.0 Å². The first-order valence-electron chi connectivity index (χ1n) is 5.31. The fourth-order valence-corrected chi connectivity index (χ4v) is 2.36. The maximum absolute atomic E-state index is 5.04.